The van der Waals surface area contributed by atoms with E-state index in [9.17, 15) is 19.8 Å². The fourth-order valence-corrected chi connectivity index (χ4v) is 6.05. The largest absolute Gasteiger partial charge is 0.493 e. The van der Waals surface area contributed by atoms with Gasteiger partial charge in [-0.1, -0.05) is 125 Å². The van der Waals surface area contributed by atoms with Crippen LogP contribution in [-0.4, -0.2) is 31.2 Å². The van der Waals surface area contributed by atoms with E-state index in [1.807, 2.05) is 69.8 Å². The van der Waals surface area contributed by atoms with E-state index in [2.05, 4.69) is 34.3 Å². The zero-order valence-corrected chi connectivity index (χ0v) is 29.9. The topological polar surface area (TPSA) is 134 Å². The van der Waals surface area contributed by atoms with Crippen molar-refractivity contribution in [1.82, 2.24) is 9.13 Å². The van der Waals surface area contributed by atoms with E-state index in [0.29, 0.717) is 35.6 Å². The maximum absolute atomic E-state index is 12.2. The number of aromatic hydroxyl groups is 2. The first-order chi connectivity index (χ1) is 25.4. The maximum Gasteiger partial charge on any atom is 0.295 e. The Bertz CT molecular complexity index is 1980. The van der Waals surface area contributed by atoms with Crippen LogP contribution in [0.2, 0.25) is 0 Å². The van der Waals surface area contributed by atoms with Crippen LogP contribution in [0.25, 0.3) is 21.8 Å². The van der Waals surface area contributed by atoms with Crippen molar-refractivity contribution in [1.29, 1.82) is 0 Å². The Balaban J connectivity index is 0.000000201. The summed E-state index contributed by atoms with van der Waals surface area (Å²) in [5.74, 6) is -0.728. The third kappa shape index (κ3) is 9.25. The van der Waals surface area contributed by atoms with Gasteiger partial charge >= 0.3 is 0 Å². The number of benzene rings is 4. The zero-order chi connectivity index (χ0) is 36.7. The second-order valence-corrected chi connectivity index (χ2v) is 12.5. The van der Waals surface area contributed by atoms with E-state index in [1.54, 1.807) is 48.5 Å². The number of hydrogen-bond acceptors (Lipinski definition) is 6. The predicted octanol–water partition coefficient (Wildman–Crippen LogP) is 11.7. The number of azo groups is 2. The van der Waals surface area contributed by atoms with Gasteiger partial charge in [-0.3, -0.25) is 9.59 Å². The molecule has 268 valence electrons. The maximum atomic E-state index is 12.2. The Kier molecular flexibility index (Phi) is 13.6. The SMILES string of the molecule is CCCCCCn1c(O)c(N=NC(=O)c2ccccc2)c2ccccc21.CCCCCCn1c(O)c(N=NC(=O)c2ccccc2)c2ccccc21. The normalized spacial score (nSPS) is 11.4. The molecule has 0 aliphatic rings. The summed E-state index contributed by atoms with van der Waals surface area (Å²) in [6.07, 6.45) is 8.89. The second-order valence-electron chi connectivity index (χ2n) is 12.5. The summed E-state index contributed by atoms with van der Waals surface area (Å²) in [6.45, 7) is 5.78. The lowest BCUT2D eigenvalue weighted by atomic mass is 10.2. The van der Waals surface area contributed by atoms with Gasteiger partial charge in [-0.05, 0) is 49.2 Å². The summed E-state index contributed by atoms with van der Waals surface area (Å²) >= 11 is 0. The van der Waals surface area contributed by atoms with Gasteiger partial charge in [-0.25, -0.2) is 0 Å². The molecule has 2 heterocycles. The number of nitrogens with zero attached hydrogens (tertiary/aromatic N) is 6. The number of amides is 2. The van der Waals surface area contributed by atoms with E-state index in [-0.39, 0.29) is 11.8 Å². The Hall–Kier alpha value is -5.90. The van der Waals surface area contributed by atoms with Crippen LogP contribution in [-0.2, 0) is 13.1 Å². The molecular formula is C42H46N6O4. The minimum atomic E-state index is -0.426. The summed E-state index contributed by atoms with van der Waals surface area (Å²) in [7, 11) is 0. The molecule has 0 bridgehead atoms. The smallest absolute Gasteiger partial charge is 0.295 e. The predicted molar refractivity (Wildman–Crippen MR) is 206 cm³/mol. The van der Waals surface area contributed by atoms with Crippen molar-refractivity contribution in [2.24, 2.45) is 20.5 Å². The molecular weight excluding hydrogens is 652 g/mol. The van der Waals surface area contributed by atoms with Crippen LogP contribution >= 0.6 is 0 Å². The average Bonchev–Trinajstić information content (AvgIpc) is 3.61. The van der Waals surface area contributed by atoms with Gasteiger partial charge in [0.25, 0.3) is 11.8 Å². The molecule has 2 amide bonds. The molecule has 2 N–H and O–H groups in total. The molecule has 6 rings (SSSR count). The number of carbonyl (C=O) groups excluding carboxylic acids is 2. The van der Waals surface area contributed by atoms with Gasteiger partial charge in [0.05, 0.1) is 11.0 Å². The monoisotopic (exact) mass is 698 g/mol. The summed E-state index contributed by atoms with van der Waals surface area (Å²) < 4.78 is 3.71. The average molecular weight is 699 g/mol. The number of hydrogen-bond donors (Lipinski definition) is 2. The van der Waals surface area contributed by atoms with Crippen LogP contribution in [0.1, 0.15) is 85.9 Å². The number of rotatable bonds is 14. The van der Waals surface area contributed by atoms with E-state index in [0.717, 1.165) is 47.5 Å². The number of fused-ring (bicyclic) bond motifs is 2. The summed E-state index contributed by atoms with van der Waals surface area (Å²) in [4.78, 5) is 24.3. The van der Waals surface area contributed by atoms with E-state index in [1.165, 1.54) is 25.7 Å². The molecule has 0 saturated heterocycles. The van der Waals surface area contributed by atoms with Crippen LogP contribution in [0.3, 0.4) is 0 Å². The number of para-hydroxylation sites is 2. The molecule has 2 aromatic heterocycles. The Morgan fingerprint density at radius 1 is 0.500 bits per heavy atom. The molecule has 6 aromatic rings. The van der Waals surface area contributed by atoms with E-state index in [4.69, 9.17) is 0 Å². The summed E-state index contributed by atoms with van der Waals surface area (Å²) in [5.41, 5.74) is 3.45. The van der Waals surface area contributed by atoms with Gasteiger partial charge < -0.3 is 19.3 Å². The highest BCUT2D eigenvalue weighted by molar-refractivity contribution is 5.98. The molecule has 0 atom stereocenters. The summed E-state index contributed by atoms with van der Waals surface area (Å²) in [5, 5.41) is 38.7. The molecule has 52 heavy (non-hydrogen) atoms. The molecule has 0 fully saturated rings. The van der Waals surface area contributed by atoms with Crippen LogP contribution in [0.15, 0.2) is 130 Å². The lowest BCUT2D eigenvalue weighted by Crippen LogP contribution is -1.97. The van der Waals surface area contributed by atoms with Gasteiger partial charge in [-0.15, -0.1) is 20.5 Å². The summed E-state index contributed by atoms with van der Waals surface area (Å²) in [6, 6.07) is 32.9. The Morgan fingerprint density at radius 3 is 1.25 bits per heavy atom. The van der Waals surface area contributed by atoms with Crippen molar-refractivity contribution in [3.8, 4) is 11.8 Å². The highest BCUT2D eigenvalue weighted by Gasteiger charge is 2.18. The van der Waals surface area contributed by atoms with E-state index >= 15 is 0 Å². The molecule has 0 saturated carbocycles. The van der Waals surface area contributed by atoms with Crippen molar-refractivity contribution in [3.63, 3.8) is 0 Å². The number of carbonyl (C=O) groups is 2. The quantitative estimate of drug-likeness (QED) is 0.0864. The first kappa shape index (κ1) is 37.4. The molecule has 4 aromatic carbocycles. The van der Waals surface area contributed by atoms with Crippen molar-refractivity contribution in [3.05, 3.63) is 120 Å². The first-order valence-corrected chi connectivity index (χ1v) is 18.1. The van der Waals surface area contributed by atoms with Crippen molar-refractivity contribution < 1.29 is 19.8 Å². The van der Waals surface area contributed by atoms with Gasteiger partial charge in [0, 0.05) is 35.0 Å². The van der Waals surface area contributed by atoms with E-state index < -0.39 is 11.8 Å². The number of aromatic nitrogens is 2. The number of aryl methyl sites for hydroxylation is 2. The molecule has 10 heteroatoms. The number of unbranched alkanes of at least 4 members (excludes halogenated alkanes) is 6. The standard InChI is InChI=1S/2C21H23N3O2/c2*1-2-3-4-10-15-24-18-14-9-8-13-17(18)19(21(24)26)22-23-20(25)16-11-6-5-7-12-16/h2*5-9,11-14,26H,2-4,10,15H2,1H3. The molecule has 10 nitrogen and oxygen atoms in total. The van der Waals surface area contributed by atoms with Gasteiger partial charge in [-0.2, -0.15) is 0 Å². The van der Waals surface area contributed by atoms with Gasteiger partial charge in [0.15, 0.2) is 11.4 Å². The third-order valence-electron chi connectivity index (χ3n) is 8.83. The van der Waals surface area contributed by atoms with Crippen LogP contribution in [0.4, 0.5) is 11.4 Å². The highest BCUT2D eigenvalue weighted by atomic mass is 16.3. The van der Waals surface area contributed by atoms with Crippen molar-refractivity contribution in [2.75, 3.05) is 0 Å². The Labute approximate surface area is 304 Å². The fourth-order valence-electron chi connectivity index (χ4n) is 6.05. The lowest BCUT2D eigenvalue weighted by Gasteiger charge is -2.06. The van der Waals surface area contributed by atoms with Gasteiger partial charge in [0.2, 0.25) is 11.8 Å². The van der Waals surface area contributed by atoms with Crippen LogP contribution in [0.5, 0.6) is 11.8 Å². The molecule has 0 aliphatic heterocycles. The van der Waals surface area contributed by atoms with Gasteiger partial charge in [0.1, 0.15) is 0 Å². The van der Waals surface area contributed by atoms with Crippen molar-refractivity contribution in [2.45, 2.75) is 78.3 Å². The highest BCUT2D eigenvalue weighted by Crippen LogP contribution is 2.40. The third-order valence-corrected chi connectivity index (χ3v) is 8.83. The molecule has 0 radical (unpaired) electrons. The molecule has 0 spiro atoms. The van der Waals surface area contributed by atoms with Crippen LogP contribution in [0, 0.1) is 0 Å². The lowest BCUT2D eigenvalue weighted by molar-refractivity contribution is 0.0987. The van der Waals surface area contributed by atoms with Crippen molar-refractivity contribution >= 4 is 45.0 Å². The molecule has 0 aliphatic carbocycles. The van der Waals surface area contributed by atoms with Crippen LogP contribution < -0.4 is 0 Å². The second kappa shape index (κ2) is 18.9. The zero-order valence-electron chi connectivity index (χ0n) is 29.9. The Morgan fingerprint density at radius 2 is 0.865 bits per heavy atom. The minimum Gasteiger partial charge on any atom is -0.493 e. The molecule has 0 unspecified atom stereocenters. The first-order valence-electron chi connectivity index (χ1n) is 18.1. The fraction of sp³-hybridized carbons (Fsp3) is 0.286. The minimum absolute atomic E-state index is 0.0623.